The van der Waals surface area contributed by atoms with Gasteiger partial charge in [-0.1, -0.05) is 6.92 Å². The predicted octanol–water partition coefficient (Wildman–Crippen LogP) is -2.35. The molecule has 1 amide bonds. The quantitative estimate of drug-likeness (QED) is 0.0747. The lowest BCUT2D eigenvalue weighted by atomic mass is 10.3. The fourth-order valence-electron chi connectivity index (χ4n) is 4.20. The molecule has 0 spiro atoms. The van der Waals surface area contributed by atoms with E-state index >= 15 is 0 Å². The second kappa shape index (κ2) is 23.6. The number of aliphatic hydroxyl groups is 2. The number of amides is 1. The molecule has 1 rings (SSSR count). The molecule has 5 N–H and O–H groups in total. The van der Waals surface area contributed by atoms with Gasteiger partial charge in [0.05, 0.1) is 46.1 Å². The Kier molecular flexibility index (Phi) is 21.3. The summed E-state index contributed by atoms with van der Waals surface area (Å²) in [5.41, 5.74) is 0. The molecule has 0 atom stereocenters. The first-order valence-corrected chi connectivity index (χ1v) is 14.4. The van der Waals surface area contributed by atoms with E-state index in [9.17, 15) is 34.8 Å². The summed E-state index contributed by atoms with van der Waals surface area (Å²) in [6.45, 7) is 8.58. The van der Waals surface area contributed by atoms with E-state index in [1.807, 2.05) is 9.80 Å². The van der Waals surface area contributed by atoms with Crippen LogP contribution in [0.3, 0.4) is 0 Å². The van der Waals surface area contributed by atoms with E-state index in [-0.39, 0.29) is 32.1 Å². The van der Waals surface area contributed by atoms with Gasteiger partial charge >= 0.3 is 11.9 Å². The van der Waals surface area contributed by atoms with Crippen LogP contribution in [0.2, 0.25) is 0 Å². The van der Waals surface area contributed by atoms with Crippen molar-refractivity contribution >= 4 is 17.8 Å². The Morgan fingerprint density at radius 2 is 1.07 bits per heavy atom. The Morgan fingerprint density at radius 1 is 0.659 bits per heavy atom. The number of carboxylic acids is 2. The van der Waals surface area contributed by atoms with Crippen LogP contribution in [-0.4, -0.2) is 189 Å². The van der Waals surface area contributed by atoms with E-state index in [1.54, 1.807) is 9.80 Å². The molecule has 0 aromatic rings. The van der Waals surface area contributed by atoms with Gasteiger partial charge in [-0.05, 0) is 12.8 Å². The summed E-state index contributed by atoms with van der Waals surface area (Å²) in [6.07, 6.45) is 0.0767. The molecule has 1 heterocycles. The number of hydrogen-bond acceptors (Lipinski definition) is 12. The molecule has 1 fully saturated rings. The van der Waals surface area contributed by atoms with Gasteiger partial charge in [0.25, 0.3) is 0 Å². The largest absolute Gasteiger partial charge is 0.480 e. The molecule has 240 valence electrons. The molecule has 1 aliphatic rings. The van der Waals surface area contributed by atoms with Crippen molar-refractivity contribution in [2.24, 2.45) is 0 Å². The maximum atomic E-state index is 12.6. The van der Waals surface area contributed by atoms with Crippen LogP contribution in [0.25, 0.3) is 0 Å². The van der Waals surface area contributed by atoms with Crippen LogP contribution >= 0.6 is 0 Å². The molecule has 0 unspecified atom stereocenters. The fourth-order valence-corrected chi connectivity index (χ4v) is 4.20. The number of nitrogens with zero attached hydrogens (tertiary/aromatic N) is 4. The summed E-state index contributed by atoms with van der Waals surface area (Å²) in [6, 6.07) is 0. The van der Waals surface area contributed by atoms with E-state index in [1.165, 1.54) is 0 Å². The molecule has 1 aliphatic heterocycles. The maximum absolute atomic E-state index is 12.6. The molecular weight excluding hydrogens is 542 g/mol. The number of carbonyl (C=O) groups is 3. The fraction of sp³-hybridized carbons (Fsp3) is 0.885. The Balaban J connectivity index is 2.53. The third kappa shape index (κ3) is 21.4. The summed E-state index contributed by atoms with van der Waals surface area (Å²) in [5, 5.41) is 40.5. The van der Waals surface area contributed by atoms with E-state index in [0.29, 0.717) is 98.4 Å². The van der Waals surface area contributed by atoms with Gasteiger partial charge in [0.2, 0.25) is 5.91 Å². The number of rotatable bonds is 20. The number of hydrogen-bond donors (Lipinski definition) is 5. The van der Waals surface area contributed by atoms with Crippen LogP contribution in [0, 0.1) is 0 Å². The van der Waals surface area contributed by atoms with Crippen molar-refractivity contribution in [2.75, 3.05) is 125 Å². The summed E-state index contributed by atoms with van der Waals surface area (Å²) < 4.78 is 16.3. The predicted molar refractivity (Wildman–Crippen MR) is 150 cm³/mol. The van der Waals surface area contributed by atoms with Gasteiger partial charge in [-0.2, -0.15) is 0 Å². The molecule has 41 heavy (non-hydrogen) atoms. The zero-order valence-electron chi connectivity index (χ0n) is 24.5. The molecule has 0 bridgehead atoms. The van der Waals surface area contributed by atoms with Gasteiger partial charge in [0.1, 0.15) is 0 Å². The molecule has 15 nitrogen and oxygen atoms in total. The first-order valence-electron chi connectivity index (χ1n) is 14.4. The van der Waals surface area contributed by atoms with Crippen molar-refractivity contribution in [1.82, 2.24) is 24.9 Å². The van der Waals surface area contributed by atoms with Crippen molar-refractivity contribution in [3.8, 4) is 0 Å². The summed E-state index contributed by atoms with van der Waals surface area (Å²) >= 11 is 0. The first kappa shape index (κ1) is 37.1. The minimum absolute atomic E-state index is 0.0102. The highest BCUT2D eigenvalue weighted by molar-refractivity contribution is 5.78. The van der Waals surface area contributed by atoms with E-state index in [0.717, 1.165) is 13.0 Å². The Labute approximate surface area is 242 Å². The average molecular weight is 594 g/mol. The zero-order chi connectivity index (χ0) is 30.3. The van der Waals surface area contributed by atoms with E-state index < -0.39 is 18.2 Å². The van der Waals surface area contributed by atoms with Gasteiger partial charge in [0.15, 0.2) is 6.29 Å². The summed E-state index contributed by atoms with van der Waals surface area (Å²) in [4.78, 5) is 42.5. The maximum Gasteiger partial charge on any atom is 0.317 e. The average Bonchev–Trinajstić information content (AvgIpc) is 2.90. The molecule has 0 saturated carbocycles. The highest BCUT2D eigenvalue weighted by Crippen LogP contribution is 2.02. The Hall–Kier alpha value is -1.95. The normalized spacial score (nSPS) is 17.3. The SMILES string of the molecule is CCCOCCOCCOCCCNC(=O)CN1CCN(CC(=O)O)CCN(CC(=O)O)CCN(CC(O)O)CC1. The topological polar surface area (TPSA) is 185 Å². The second-order valence-corrected chi connectivity index (χ2v) is 9.94. The lowest BCUT2D eigenvalue weighted by Crippen LogP contribution is -2.50. The number of ether oxygens (including phenoxy) is 3. The molecule has 0 aromatic carbocycles. The standard InChI is InChI=1S/C26H51N5O10/c1-2-13-39-15-17-41-18-16-40-14-3-4-27-23(32)19-28-5-7-29(20-24(33)34)9-11-31(22-26(37)38)12-10-30(8-6-28)21-25(35)36/h24,33-34H,2-22H2,1H3,(H,27,32)(H,35,36)(H,37,38). The molecule has 0 radical (unpaired) electrons. The van der Waals surface area contributed by atoms with Crippen molar-refractivity contribution in [3.63, 3.8) is 0 Å². The molecule has 0 aliphatic carbocycles. The minimum atomic E-state index is -1.55. The lowest BCUT2D eigenvalue weighted by Gasteiger charge is -2.33. The van der Waals surface area contributed by atoms with Crippen LogP contribution in [-0.2, 0) is 28.6 Å². The van der Waals surface area contributed by atoms with Crippen LogP contribution in [0.15, 0.2) is 0 Å². The third-order valence-corrected chi connectivity index (χ3v) is 6.32. The van der Waals surface area contributed by atoms with Gasteiger partial charge < -0.3 is 40.0 Å². The van der Waals surface area contributed by atoms with Gasteiger partial charge in [-0.25, -0.2) is 0 Å². The van der Waals surface area contributed by atoms with Crippen molar-refractivity contribution < 1.29 is 49.0 Å². The van der Waals surface area contributed by atoms with Crippen molar-refractivity contribution in [1.29, 1.82) is 0 Å². The summed E-state index contributed by atoms with van der Waals surface area (Å²) in [5.74, 6) is -2.14. The number of nitrogens with one attached hydrogen (secondary N) is 1. The minimum Gasteiger partial charge on any atom is -0.480 e. The number of aliphatic carboxylic acids is 2. The van der Waals surface area contributed by atoms with E-state index in [4.69, 9.17) is 14.2 Å². The van der Waals surface area contributed by atoms with Crippen molar-refractivity contribution in [3.05, 3.63) is 0 Å². The van der Waals surface area contributed by atoms with Crippen molar-refractivity contribution in [2.45, 2.75) is 26.1 Å². The number of carbonyl (C=O) groups excluding carboxylic acids is 1. The van der Waals surface area contributed by atoms with Crippen LogP contribution < -0.4 is 5.32 Å². The van der Waals surface area contributed by atoms with E-state index in [2.05, 4.69) is 12.2 Å². The second-order valence-electron chi connectivity index (χ2n) is 9.94. The Morgan fingerprint density at radius 3 is 1.51 bits per heavy atom. The number of β-amino-alcohol motifs (C(OH)–C–C–N with tert-alkyl or cyclic N) is 2. The van der Waals surface area contributed by atoms with Gasteiger partial charge in [0, 0.05) is 78.7 Å². The number of carboxylic acid groups (broad SMARTS) is 2. The smallest absolute Gasteiger partial charge is 0.317 e. The number of aliphatic hydroxyl groups excluding tert-OH is 1. The van der Waals surface area contributed by atoms with Crippen LogP contribution in [0.5, 0.6) is 0 Å². The molecule has 15 heteroatoms. The summed E-state index contributed by atoms with van der Waals surface area (Å²) in [7, 11) is 0. The Bertz CT molecular complexity index is 718. The molecule has 0 aromatic heterocycles. The lowest BCUT2D eigenvalue weighted by molar-refractivity contribution is -0.140. The monoisotopic (exact) mass is 593 g/mol. The third-order valence-electron chi connectivity index (χ3n) is 6.32. The molecule has 1 saturated heterocycles. The zero-order valence-corrected chi connectivity index (χ0v) is 24.5. The van der Waals surface area contributed by atoms with Gasteiger partial charge in [-0.15, -0.1) is 0 Å². The van der Waals surface area contributed by atoms with Crippen LogP contribution in [0.4, 0.5) is 0 Å². The highest BCUT2D eigenvalue weighted by atomic mass is 16.5. The van der Waals surface area contributed by atoms with Crippen LogP contribution in [0.1, 0.15) is 19.8 Å². The highest BCUT2D eigenvalue weighted by Gasteiger charge is 2.21. The molecular formula is C26H51N5O10. The van der Waals surface area contributed by atoms with Gasteiger partial charge in [-0.3, -0.25) is 34.0 Å². The first-order chi connectivity index (χ1) is 19.7.